The number of nitrogens with zero attached hydrogens (tertiary/aromatic N) is 3. The smallest absolute Gasteiger partial charge is 0.410 e. The largest absolute Gasteiger partial charge is 0.474 e. The highest BCUT2D eigenvalue weighted by molar-refractivity contribution is 5.86. The van der Waals surface area contributed by atoms with Crippen molar-refractivity contribution in [3.63, 3.8) is 0 Å². The summed E-state index contributed by atoms with van der Waals surface area (Å²) in [4.78, 5) is 26.7. The number of hydrogen-bond acceptors (Lipinski definition) is 6. The van der Waals surface area contributed by atoms with Crippen LogP contribution in [0.1, 0.15) is 33.6 Å². The Balaban J connectivity index is 1.35. The molecule has 1 saturated heterocycles. The molecule has 1 aliphatic carbocycles. The van der Waals surface area contributed by atoms with E-state index in [1.807, 2.05) is 57.4 Å². The van der Waals surface area contributed by atoms with E-state index in [0.717, 1.165) is 35.0 Å². The van der Waals surface area contributed by atoms with Crippen LogP contribution in [-0.2, 0) is 9.47 Å². The second-order valence-corrected chi connectivity index (χ2v) is 9.58. The van der Waals surface area contributed by atoms with Gasteiger partial charge in [-0.05, 0) is 57.9 Å². The third-order valence-corrected chi connectivity index (χ3v) is 5.64. The molecule has 1 saturated carbocycles. The highest BCUT2D eigenvalue weighted by atomic mass is 16.6. The molecule has 1 spiro atoms. The summed E-state index contributed by atoms with van der Waals surface area (Å²) in [6, 6.07) is 7.72. The average Bonchev–Trinajstić information content (AvgIpc) is 3.25. The van der Waals surface area contributed by atoms with Crippen molar-refractivity contribution < 1.29 is 19.0 Å². The van der Waals surface area contributed by atoms with E-state index in [0.29, 0.717) is 19.0 Å². The zero-order chi connectivity index (χ0) is 22.3. The molecule has 5 rings (SSSR count). The number of pyridine rings is 2. The number of H-pyrrole nitrogens is 1. The van der Waals surface area contributed by atoms with Crippen LogP contribution in [-0.4, -0.2) is 62.9 Å². The molecule has 8 heteroatoms. The Bertz CT molecular complexity index is 1120. The van der Waals surface area contributed by atoms with Gasteiger partial charge in [0, 0.05) is 24.2 Å². The quantitative estimate of drug-likeness (QED) is 0.660. The van der Waals surface area contributed by atoms with E-state index < -0.39 is 5.60 Å². The maximum absolute atomic E-state index is 12.7. The molecule has 168 valence electrons. The minimum atomic E-state index is -0.535. The number of hydrogen-bond donors (Lipinski definition) is 1. The predicted molar refractivity (Wildman–Crippen MR) is 119 cm³/mol. The summed E-state index contributed by atoms with van der Waals surface area (Å²) in [5.74, 6) is 0.509. The van der Waals surface area contributed by atoms with Crippen LogP contribution in [0, 0.1) is 0 Å². The van der Waals surface area contributed by atoms with E-state index in [2.05, 4.69) is 9.97 Å². The molecule has 8 nitrogen and oxygen atoms in total. The zero-order valence-corrected chi connectivity index (χ0v) is 18.6. The van der Waals surface area contributed by atoms with Gasteiger partial charge in [-0.3, -0.25) is 4.98 Å². The summed E-state index contributed by atoms with van der Waals surface area (Å²) in [6.07, 6.45) is 6.82. The van der Waals surface area contributed by atoms with Gasteiger partial charge in [-0.1, -0.05) is 0 Å². The lowest BCUT2D eigenvalue weighted by Gasteiger charge is -2.38. The van der Waals surface area contributed by atoms with E-state index >= 15 is 0 Å². The average molecular weight is 437 g/mol. The summed E-state index contributed by atoms with van der Waals surface area (Å²) in [6.45, 7) is 6.90. The molecule has 0 aromatic carbocycles. The first-order valence-corrected chi connectivity index (χ1v) is 11.0. The highest BCUT2D eigenvalue weighted by Crippen LogP contribution is 2.44. The number of rotatable bonds is 4. The lowest BCUT2D eigenvalue weighted by Crippen LogP contribution is -2.54. The Hall–Kier alpha value is -3.13. The number of aromatic amines is 1. The number of morpholine rings is 1. The normalized spacial score (nSPS) is 19.8. The van der Waals surface area contributed by atoms with Gasteiger partial charge in [0.25, 0.3) is 0 Å². The van der Waals surface area contributed by atoms with Gasteiger partial charge in [-0.2, -0.15) is 0 Å². The lowest BCUT2D eigenvalue weighted by atomic mass is 10.1. The Morgan fingerprint density at radius 1 is 1.34 bits per heavy atom. The number of ether oxygens (including phenoxy) is 3. The third kappa shape index (κ3) is 4.41. The van der Waals surface area contributed by atoms with Crippen molar-refractivity contribution >= 4 is 17.0 Å². The molecule has 0 bridgehead atoms. The van der Waals surface area contributed by atoms with Crippen LogP contribution in [0.4, 0.5) is 4.79 Å². The SMILES string of the molecule is CC(C)(C)OC(=O)N1C[C@@H](COc2nc(-c3cc[nH]c3)cc3ncccc23)OC2(CC2)C1. The van der Waals surface area contributed by atoms with Gasteiger partial charge >= 0.3 is 6.09 Å². The van der Waals surface area contributed by atoms with E-state index in [1.165, 1.54) is 0 Å². The second kappa shape index (κ2) is 7.78. The van der Waals surface area contributed by atoms with Gasteiger partial charge in [0.1, 0.15) is 18.3 Å². The van der Waals surface area contributed by atoms with Gasteiger partial charge < -0.3 is 24.1 Å². The van der Waals surface area contributed by atoms with Crippen molar-refractivity contribution in [2.45, 2.75) is 50.9 Å². The Labute approximate surface area is 186 Å². The molecule has 32 heavy (non-hydrogen) atoms. The van der Waals surface area contributed by atoms with E-state index in [9.17, 15) is 4.79 Å². The molecule has 2 aliphatic rings. The standard InChI is InChI=1S/C24H28N4O4/c1-23(2,3)32-22(29)28-13-17(31-24(15-28)7-8-24)14-30-21-18-5-4-9-26-20(18)11-19(27-21)16-6-10-25-12-16/h4-6,9-12,17,25H,7-8,13-15H2,1-3H3/t17-/m0/s1. The Morgan fingerprint density at radius 3 is 2.91 bits per heavy atom. The Morgan fingerprint density at radius 2 is 2.19 bits per heavy atom. The molecule has 1 atom stereocenters. The van der Waals surface area contributed by atoms with Gasteiger partial charge in [0.15, 0.2) is 0 Å². The summed E-state index contributed by atoms with van der Waals surface area (Å²) < 4.78 is 18.1. The van der Waals surface area contributed by atoms with Crippen molar-refractivity contribution in [2.75, 3.05) is 19.7 Å². The second-order valence-electron chi connectivity index (χ2n) is 9.58. The summed E-state index contributed by atoms with van der Waals surface area (Å²) in [5, 5.41) is 0.840. The van der Waals surface area contributed by atoms with Crippen molar-refractivity contribution in [2.24, 2.45) is 0 Å². The van der Waals surface area contributed by atoms with Crippen molar-refractivity contribution in [3.8, 4) is 17.1 Å². The van der Waals surface area contributed by atoms with Crippen molar-refractivity contribution in [1.29, 1.82) is 0 Å². The number of aromatic nitrogens is 3. The first kappa shape index (κ1) is 20.8. The Kier molecular flexibility index (Phi) is 5.04. The van der Waals surface area contributed by atoms with Crippen LogP contribution in [0.25, 0.3) is 22.2 Å². The zero-order valence-electron chi connectivity index (χ0n) is 18.6. The molecule has 3 aromatic heterocycles. The summed E-state index contributed by atoms with van der Waals surface area (Å²) >= 11 is 0. The fourth-order valence-corrected chi connectivity index (χ4v) is 4.01. The fourth-order valence-electron chi connectivity index (χ4n) is 4.01. The number of carbonyl (C=O) groups is 1. The summed E-state index contributed by atoms with van der Waals surface area (Å²) in [7, 11) is 0. The van der Waals surface area contributed by atoms with Crippen LogP contribution in [0.2, 0.25) is 0 Å². The number of amides is 1. The highest BCUT2D eigenvalue weighted by Gasteiger charge is 2.51. The van der Waals surface area contributed by atoms with Gasteiger partial charge in [0.2, 0.25) is 5.88 Å². The van der Waals surface area contributed by atoms with Crippen molar-refractivity contribution in [3.05, 3.63) is 42.9 Å². The molecule has 0 radical (unpaired) electrons. The first-order valence-electron chi connectivity index (χ1n) is 11.0. The van der Waals surface area contributed by atoms with Gasteiger partial charge in [-0.15, -0.1) is 0 Å². The van der Waals surface area contributed by atoms with Crippen LogP contribution in [0.15, 0.2) is 42.9 Å². The molecular weight excluding hydrogens is 408 g/mol. The topological polar surface area (TPSA) is 89.6 Å². The molecule has 4 heterocycles. The number of fused-ring (bicyclic) bond motifs is 1. The van der Waals surface area contributed by atoms with Crippen LogP contribution in [0.3, 0.4) is 0 Å². The molecular formula is C24H28N4O4. The first-order chi connectivity index (χ1) is 15.3. The minimum Gasteiger partial charge on any atom is -0.474 e. The van der Waals surface area contributed by atoms with Crippen LogP contribution < -0.4 is 4.74 Å². The molecule has 1 aliphatic heterocycles. The summed E-state index contributed by atoms with van der Waals surface area (Å²) in [5.41, 5.74) is 1.75. The molecule has 2 fully saturated rings. The maximum atomic E-state index is 12.7. The molecule has 1 amide bonds. The number of nitrogens with one attached hydrogen (secondary N) is 1. The van der Waals surface area contributed by atoms with E-state index in [1.54, 1.807) is 11.1 Å². The molecule has 1 N–H and O–H groups in total. The maximum Gasteiger partial charge on any atom is 0.410 e. The van der Waals surface area contributed by atoms with Crippen LogP contribution >= 0.6 is 0 Å². The molecule has 0 unspecified atom stereocenters. The number of carbonyl (C=O) groups excluding carboxylic acids is 1. The minimum absolute atomic E-state index is 0.261. The van der Waals surface area contributed by atoms with E-state index in [4.69, 9.17) is 19.2 Å². The van der Waals surface area contributed by atoms with Crippen LogP contribution in [0.5, 0.6) is 5.88 Å². The monoisotopic (exact) mass is 436 g/mol. The predicted octanol–water partition coefficient (Wildman–Crippen LogP) is 4.17. The fraction of sp³-hybridized carbons (Fsp3) is 0.458. The van der Waals surface area contributed by atoms with Gasteiger partial charge in [0.05, 0.1) is 35.3 Å². The third-order valence-electron chi connectivity index (χ3n) is 5.64. The van der Waals surface area contributed by atoms with Crippen molar-refractivity contribution in [1.82, 2.24) is 19.9 Å². The van der Waals surface area contributed by atoms with E-state index in [-0.39, 0.29) is 24.4 Å². The van der Waals surface area contributed by atoms with Gasteiger partial charge in [-0.25, -0.2) is 9.78 Å². The molecule has 3 aromatic rings. The lowest BCUT2D eigenvalue weighted by molar-refractivity contribution is -0.113.